The molecule has 2 aliphatic rings. The average molecular weight is 333 g/mol. The van der Waals surface area contributed by atoms with Gasteiger partial charge in [0.1, 0.15) is 5.82 Å². The number of ether oxygens (including phenoxy) is 1. The zero-order valence-electron chi connectivity index (χ0n) is 14.6. The van der Waals surface area contributed by atoms with Gasteiger partial charge >= 0.3 is 6.01 Å². The lowest BCUT2D eigenvalue weighted by atomic mass is 9.93. The molecule has 132 valence electrons. The third kappa shape index (κ3) is 4.14. The second-order valence-corrected chi connectivity index (χ2v) is 6.72. The second-order valence-electron chi connectivity index (χ2n) is 6.72. The summed E-state index contributed by atoms with van der Waals surface area (Å²) in [6, 6.07) is 2.32. The fourth-order valence-electron chi connectivity index (χ4n) is 3.40. The van der Waals surface area contributed by atoms with Gasteiger partial charge in [-0.25, -0.2) is 4.98 Å². The topological polar surface area (TPSA) is 61.8 Å². The summed E-state index contributed by atoms with van der Waals surface area (Å²) in [5.41, 5.74) is 0. The van der Waals surface area contributed by atoms with Crippen LogP contribution in [-0.2, 0) is 4.79 Å². The molecule has 0 aliphatic carbocycles. The molecule has 2 aliphatic heterocycles. The average Bonchev–Trinajstić information content (AvgIpc) is 2.63. The van der Waals surface area contributed by atoms with Crippen LogP contribution in [0, 0.1) is 5.92 Å². The summed E-state index contributed by atoms with van der Waals surface area (Å²) in [5, 5.41) is 0. The summed E-state index contributed by atoms with van der Waals surface area (Å²) in [7, 11) is 3.69. The molecule has 1 aromatic heterocycles. The number of amides is 1. The van der Waals surface area contributed by atoms with Crippen LogP contribution in [0.2, 0.25) is 0 Å². The van der Waals surface area contributed by atoms with Gasteiger partial charge in [0, 0.05) is 51.9 Å². The number of likely N-dealkylation sites (N-methyl/N-ethyl adjacent to an activating group) is 1. The molecule has 7 heteroatoms. The Kier molecular flexibility index (Phi) is 5.50. The molecule has 0 unspecified atom stereocenters. The molecule has 0 saturated carbocycles. The quantitative estimate of drug-likeness (QED) is 0.815. The summed E-state index contributed by atoms with van der Waals surface area (Å²) >= 11 is 0. The largest absolute Gasteiger partial charge is 0.467 e. The summed E-state index contributed by atoms with van der Waals surface area (Å²) in [4.78, 5) is 27.5. The van der Waals surface area contributed by atoms with E-state index in [1.54, 1.807) is 13.3 Å². The van der Waals surface area contributed by atoms with Crippen molar-refractivity contribution in [3.8, 4) is 6.01 Å². The number of rotatable bonds is 4. The Hall–Kier alpha value is -1.89. The first-order chi connectivity index (χ1) is 11.7. The monoisotopic (exact) mass is 333 g/mol. The molecule has 0 bridgehead atoms. The molecule has 0 spiro atoms. The standard InChI is InChI=1S/C17H27N5O2/c1-20-9-11-22(12-10-20)16(23)13-14-4-7-21(8-5-14)15-3-6-18-17(19-15)24-2/h3,6,14H,4-5,7-13H2,1-2H3. The summed E-state index contributed by atoms with van der Waals surface area (Å²) in [6.07, 6.45) is 4.48. The molecule has 1 amide bonds. The number of methoxy groups -OCH3 is 1. The van der Waals surface area contributed by atoms with Crippen LogP contribution >= 0.6 is 0 Å². The number of aromatic nitrogens is 2. The van der Waals surface area contributed by atoms with Gasteiger partial charge in [0.05, 0.1) is 7.11 Å². The van der Waals surface area contributed by atoms with Crippen molar-refractivity contribution in [1.29, 1.82) is 0 Å². The molecule has 0 atom stereocenters. The van der Waals surface area contributed by atoms with Gasteiger partial charge in [-0.1, -0.05) is 0 Å². The fraction of sp³-hybridized carbons (Fsp3) is 0.706. The van der Waals surface area contributed by atoms with Crippen molar-refractivity contribution in [2.24, 2.45) is 5.92 Å². The molecule has 1 aromatic rings. The lowest BCUT2D eigenvalue weighted by Crippen LogP contribution is -2.47. The molecular formula is C17H27N5O2. The van der Waals surface area contributed by atoms with E-state index in [-0.39, 0.29) is 0 Å². The van der Waals surface area contributed by atoms with Crippen molar-refractivity contribution in [1.82, 2.24) is 19.8 Å². The molecule has 3 heterocycles. The van der Waals surface area contributed by atoms with Gasteiger partial charge in [-0.2, -0.15) is 4.98 Å². The summed E-state index contributed by atoms with van der Waals surface area (Å²) in [6.45, 7) is 5.57. The Balaban J connectivity index is 1.47. The smallest absolute Gasteiger partial charge is 0.318 e. The van der Waals surface area contributed by atoms with Gasteiger partial charge in [0.25, 0.3) is 0 Å². The van der Waals surface area contributed by atoms with E-state index in [4.69, 9.17) is 4.74 Å². The predicted octanol–water partition coefficient (Wildman–Crippen LogP) is 0.866. The van der Waals surface area contributed by atoms with Crippen molar-refractivity contribution in [2.75, 3.05) is 58.3 Å². The van der Waals surface area contributed by atoms with Crippen molar-refractivity contribution in [2.45, 2.75) is 19.3 Å². The Morgan fingerprint density at radius 3 is 2.58 bits per heavy atom. The number of hydrogen-bond donors (Lipinski definition) is 0. The molecule has 24 heavy (non-hydrogen) atoms. The Morgan fingerprint density at radius 1 is 1.21 bits per heavy atom. The molecule has 0 radical (unpaired) electrons. The Morgan fingerprint density at radius 2 is 1.92 bits per heavy atom. The van der Waals surface area contributed by atoms with Crippen LogP contribution in [0.3, 0.4) is 0 Å². The maximum Gasteiger partial charge on any atom is 0.318 e. The van der Waals surface area contributed by atoms with Crippen molar-refractivity contribution < 1.29 is 9.53 Å². The number of anilines is 1. The minimum absolute atomic E-state index is 0.324. The number of carbonyl (C=O) groups excluding carboxylic acids is 1. The number of piperidine rings is 1. The van der Waals surface area contributed by atoms with Crippen molar-refractivity contribution in [3.63, 3.8) is 0 Å². The number of nitrogens with zero attached hydrogens (tertiary/aromatic N) is 5. The van der Waals surface area contributed by atoms with Crippen LogP contribution in [0.15, 0.2) is 12.3 Å². The molecule has 0 N–H and O–H groups in total. The van der Waals surface area contributed by atoms with E-state index in [2.05, 4.69) is 26.8 Å². The van der Waals surface area contributed by atoms with Crippen LogP contribution in [0.5, 0.6) is 6.01 Å². The highest BCUT2D eigenvalue weighted by Crippen LogP contribution is 2.25. The SMILES string of the molecule is COc1nccc(N2CCC(CC(=O)N3CCN(C)CC3)CC2)n1. The number of piperazine rings is 1. The van der Waals surface area contributed by atoms with Gasteiger partial charge in [0.15, 0.2) is 0 Å². The molecular weight excluding hydrogens is 306 g/mol. The van der Waals surface area contributed by atoms with Crippen LogP contribution in [0.4, 0.5) is 5.82 Å². The molecule has 0 aromatic carbocycles. The maximum absolute atomic E-state index is 12.5. The summed E-state index contributed by atoms with van der Waals surface area (Å²) < 4.78 is 5.09. The van der Waals surface area contributed by atoms with Crippen LogP contribution < -0.4 is 9.64 Å². The van der Waals surface area contributed by atoms with E-state index in [0.717, 1.165) is 57.9 Å². The third-order valence-electron chi connectivity index (χ3n) is 5.06. The Bertz CT molecular complexity index is 552. The minimum atomic E-state index is 0.324. The highest BCUT2D eigenvalue weighted by molar-refractivity contribution is 5.76. The van der Waals surface area contributed by atoms with E-state index >= 15 is 0 Å². The van der Waals surface area contributed by atoms with Crippen LogP contribution in [-0.4, -0.2) is 79.1 Å². The maximum atomic E-state index is 12.5. The highest BCUT2D eigenvalue weighted by Gasteiger charge is 2.26. The highest BCUT2D eigenvalue weighted by atomic mass is 16.5. The van der Waals surface area contributed by atoms with Crippen molar-refractivity contribution in [3.05, 3.63) is 12.3 Å². The fourth-order valence-corrected chi connectivity index (χ4v) is 3.40. The lowest BCUT2D eigenvalue weighted by Gasteiger charge is -2.35. The van der Waals surface area contributed by atoms with Gasteiger partial charge in [-0.15, -0.1) is 0 Å². The van der Waals surface area contributed by atoms with Gasteiger partial charge in [-0.3, -0.25) is 4.79 Å². The number of hydrogen-bond acceptors (Lipinski definition) is 6. The van der Waals surface area contributed by atoms with E-state index in [9.17, 15) is 4.79 Å². The van der Waals surface area contributed by atoms with E-state index in [1.807, 2.05) is 11.0 Å². The molecule has 2 fully saturated rings. The minimum Gasteiger partial charge on any atom is -0.467 e. The Labute approximate surface area is 143 Å². The number of carbonyl (C=O) groups is 1. The second kappa shape index (κ2) is 7.79. The first kappa shape index (κ1) is 17.0. The predicted molar refractivity (Wildman–Crippen MR) is 92.2 cm³/mol. The first-order valence-corrected chi connectivity index (χ1v) is 8.74. The van der Waals surface area contributed by atoms with Gasteiger partial charge in [0.2, 0.25) is 5.91 Å². The van der Waals surface area contributed by atoms with E-state index in [0.29, 0.717) is 24.3 Å². The zero-order valence-corrected chi connectivity index (χ0v) is 14.6. The zero-order chi connectivity index (χ0) is 16.9. The van der Waals surface area contributed by atoms with Crippen molar-refractivity contribution >= 4 is 11.7 Å². The van der Waals surface area contributed by atoms with Crippen LogP contribution in [0.1, 0.15) is 19.3 Å². The summed E-state index contributed by atoms with van der Waals surface area (Å²) in [5.74, 6) is 1.72. The normalized spacial score (nSPS) is 20.2. The lowest BCUT2D eigenvalue weighted by molar-refractivity contribution is -0.133. The van der Waals surface area contributed by atoms with Crippen LogP contribution in [0.25, 0.3) is 0 Å². The third-order valence-corrected chi connectivity index (χ3v) is 5.06. The van der Waals surface area contributed by atoms with E-state index in [1.165, 1.54) is 0 Å². The molecule has 2 saturated heterocycles. The molecule has 3 rings (SSSR count). The van der Waals surface area contributed by atoms with Gasteiger partial charge in [-0.05, 0) is 31.9 Å². The van der Waals surface area contributed by atoms with E-state index < -0.39 is 0 Å². The van der Waals surface area contributed by atoms with Gasteiger partial charge < -0.3 is 19.4 Å². The first-order valence-electron chi connectivity index (χ1n) is 8.74. The molecule has 7 nitrogen and oxygen atoms in total.